The van der Waals surface area contributed by atoms with Crippen LogP contribution in [0.15, 0.2) is 34.9 Å². The van der Waals surface area contributed by atoms with Crippen molar-refractivity contribution in [1.82, 2.24) is 9.88 Å². The Bertz CT molecular complexity index is 416. The molecule has 1 rings (SSSR count). The number of carbonyl (C=O) groups is 1. The van der Waals surface area contributed by atoms with Crippen molar-refractivity contribution in [3.05, 3.63) is 34.9 Å². The molecule has 0 saturated carbocycles. The van der Waals surface area contributed by atoms with E-state index in [1.807, 2.05) is 14.1 Å². The van der Waals surface area contributed by atoms with Crippen molar-refractivity contribution >= 4 is 21.7 Å². The first kappa shape index (κ1) is 12.7. The highest BCUT2D eigenvalue weighted by molar-refractivity contribution is 9.10. The van der Waals surface area contributed by atoms with Crippen LogP contribution >= 0.6 is 15.9 Å². The first-order valence-electron chi connectivity index (χ1n) is 4.68. The summed E-state index contributed by atoms with van der Waals surface area (Å²) in [6.07, 6.45) is 3.27. The molecule has 1 aromatic rings. The van der Waals surface area contributed by atoms with Gasteiger partial charge in [-0.05, 0) is 28.1 Å². The summed E-state index contributed by atoms with van der Waals surface area (Å²) in [5.74, 6) is 0.661. The second kappa shape index (κ2) is 5.65. The number of carbonyl (C=O) groups excluding carboxylic acids is 1. The molecule has 1 heterocycles. The van der Waals surface area contributed by atoms with Crippen molar-refractivity contribution in [2.24, 2.45) is 0 Å². The lowest BCUT2D eigenvalue weighted by Gasteiger charge is -2.11. The molecule has 0 radical (unpaired) electrons. The number of halogens is 1. The Morgan fingerprint density at radius 1 is 1.56 bits per heavy atom. The number of pyridine rings is 1. The number of hydrogen-bond acceptors (Lipinski definition) is 4. The predicted octanol–water partition coefficient (Wildman–Crippen LogP) is 2.21. The molecule has 4 nitrogen and oxygen atoms in total. The van der Waals surface area contributed by atoms with Crippen molar-refractivity contribution in [2.45, 2.75) is 6.92 Å². The zero-order valence-corrected chi connectivity index (χ0v) is 11.0. The van der Waals surface area contributed by atoms with Gasteiger partial charge in [-0.2, -0.15) is 0 Å². The summed E-state index contributed by atoms with van der Waals surface area (Å²) in [4.78, 5) is 17.1. The SMILES string of the molecule is CC(=O)C(=CN(C)C)Oc1cccnc1Br. The molecule has 0 saturated heterocycles. The topological polar surface area (TPSA) is 42.4 Å². The maximum Gasteiger partial charge on any atom is 0.196 e. The van der Waals surface area contributed by atoms with Crippen LogP contribution in [0.3, 0.4) is 0 Å². The molecule has 0 atom stereocenters. The predicted molar refractivity (Wildman–Crippen MR) is 65.0 cm³/mol. The summed E-state index contributed by atoms with van der Waals surface area (Å²) >= 11 is 3.25. The molecule has 0 aromatic carbocycles. The molecule has 0 bridgehead atoms. The van der Waals surface area contributed by atoms with Crippen molar-refractivity contribution < 1.29 is 9.53 Å². The van der Waals surface area contributed by atoms with Gasteiger partial charge < -0.3 is 9.64 Å². The number of nitrogens with zero attached hydrogens (tertiary/aromatic N) is 2. The number of rotatable bonds is 4. The Kier molecular flexibility index (Phi) is 4.49. The lowest BCUT2D eigenvalue weighted by atomic mass is 10.3. The number of aromatic nitrogens is 1. The fourth-order valence-electron chi connectivity index (χ4n) is 0.990. The van der Waals surface area contributed by atoms with E-state index in [1.54, 1.807) is 29.4 Å². The average molecular weight is 285 g/mol. The number of ether oxygens (including phenoxy) is 1. The fourth-order valence-corrected chi connectivity index (χ4v) is 1.32. The highest BCUT2D eigenvalue weighted by Crippen LogP contribution is 2.23. The number of allylic oxidation sites excluding steroid dienone is 1. The summed E-state index contributed by atoms with van der Waals surface area (Å²) in [5.41, 5.74) is 0. The summed E-state index contributed by atoms with van der Waals surface area (Å²) < 4.78 is 6.05. The van der Waals surface area contributed by atoms with Gasteiger partial charge in [-0.15, -0.1) is 0 Å². The second-order valence-corrected chi connectivity index (χ2v) is 4.16. The Morgan fingerprint density at radius 2 is 2.25 bits per heavy atom. The van der Waals surface area contributed by atoms with Gasteiger partial charge >= 0.3 is 0 Å². The summed E-state index contributed by atoms with van der Waals surface area (Å²) in [6.45, 7) is 1.46. The van der Waals surface area contributed by atoms with E-state index in [-0.39, 0.29) is 11.5 Å². The smallest absolute Gasteiger partial charge is 0.196 e. The maximum atomic E-state index is 11.3. The highest BCUT2D eigenvalue weighted by Gasteiger charge is 2.09. The Morgan fingerprint density at radius 3 is 2.75 bits per heavy atom. The van der Waals surface area contributed by atoms with Crippen molar-refractivity contribution in [2.75, 3.05) is 14.1 Å². The molecule has 0 unspecified atom stereocenters. The maximum absolute atomic E-state index is 11.3. The molecular formula is C11H13BrN2O2. The molecule has 5 heteroatoms. The first-order chi connectivity index (χ1) is 7.50. The van der Waals surface area contributed by atoms with Gasteiger partial charge in [0.25, 0.3) is 0 Å². The fraction of sp³-hybridized carbons (Fsp3) is 0.273. The van der Waals surface area contributed by atoms with E-state index >= 15 is 0 Å². The summed E-state index contributed by atoms with van der Waals surface area (Å²) in [7, 11) is 3.65. The molecule has 0 aliphatic heterocycles. The zero-order chi connectivity index (χ0) is 12.1. The molecule has 1 aromatic heterocycles. The molecule has 0 amide bonds. The molecule has 0 spiro atoms. The van der Waals surface area contributed by atoms with Gasteiger partial charge in [0.05, 0.1) is 0 Å². The van der Waals surface area contributed by atoms with E-state index in [4.69, 9.17) is 4.74 Å². The third-order valence-electron chi connectivity index (χ3n) is 1.67. The van der Waals surface area contributed by atoms with Gasteiger partial charge in [-0.25, -0.2) is 4.98 Å². The molecular weight excluding hydrogens is 272 g/mol. The first-order valence-corrected chi connectivity index (χ1v) is 5.47. The van der Waals surface area contributed by atoms with Crippen LogP contribution < -0.4 is 4.74 Å². The van der Waals surface area contributed by atoms with Crippen molar-refractivity contribution in [3.8, 4) is 5.75 Å². The van der Waals surface area contributed by atoms with E-state index < -0.39 is 0 Å². The van der Waals surface area contributed by atoms with Crippen LogP contribution in [0.25, 0.3) is 0 Å². The average Bonchev–Trinajstić information content (AvgIpc) is 2.19. The number of Topliss-reactive ketones (excluding diaryl/α,β-unsaturated/α-hetero) is 1. The van der Waals surface area contributed by atoms with Gasteiger partial charge in [-0.1, -0.05) is 0 Å². The second-order valence-electron chi connectivity index (χ2n) is 3.41. The standard InChI is InChI=1S/C11H13BrN2O2/c1-8(15)10(7-14(2)3)16-9-5-4-6-13-11(9)12/h4-7H,1-3H3. The van der Waals surface area contributed by atoms with Crippen LogP contribution in [-0.2, 0) is 4.79 Å². The molecule has 0 aliphatic rings. The van der Waals surface area contributed by atoms with E-state index in [1.165, 1.54) is 6.92 Å². The largest absolute Gasteiger partial charge is 0.449 e. The normalized spacial score (nSPS) is 11.1. The van der Waals surface area contributed by atoms with E-state index in [2.05, 4.69) is 20.9 Å². The van der Waals surface area contributed by atoms with Gasteiger partial charge in [-0.3, -0.25) is 4.79 Å². The summed E-state index contributed by atoms with van der Waals surface area (Å²) in [6, 6.07) is 3.48. The van der Waals surface area contributed by atoms with Gasteiger partial charge in [0.15, 0.2) is 17.3 Å². The Labute approximate surface area is 103 Å². The van der Waals surface area contributed by atoms with Gasteiger partial charge in [0.1, 0.15) is 4.60 Å². The van der Waals surface area contributed by atoms with Crippen LogP contribution in [-0.4, -0.2) is 29.8 Å². The minimum absolute atomic E-state index is 0.135. The molecule has 0 N–H and O–H groups in total. The highest BCUT2D eigenvalue weighted by atomic mass is 79.9. The number of ketones is 1. The van der Waals surface area contributed by atoms with E-state index in [0.717, 1.165) is 0 Å². The third kappa shape index (κ3) is 3.66. The molecule has 16 heavy (non-hydrogen) atoms. The molecule has 0 aliphatic carbocycles. The van der Waals surface area contributed by atoms with E-state index in [9.17, 15) is 4.79 Å². The van der Waals surface area contributed by atoms with Crippen LogP contribution in [0.1, 0.15) is 6.92 Å². The van der Waals surface area contributed by atoms with Crippen LogP contribution in [0, 0.1) is 0 Å². The van der Waals surface area contributed by atoms with Crippen LogP contribution in [0.4, 0.5) is 0 Å². The van der Waals surface area contributed by atoms with Gasteiger partial charge in [0, 0.05) is 33.4 Å². The third-order valence-corrected chi connectivity index (χ3v) is 2.26. The minimum atomic E-state index is -0.135. The zero-order valence-electron chi connectivity index (χ0n) is 9.40. The number of hydrogen-bond donors (Lipinski definition) is 0. The summed E-state index contributed by atoms with van der Waals surface area (Å²) in [5, 5.41) is 0. The van der Waals surface area contributed by atoms with Crippen LogP contribution in [0.2, 0.25) is 0 Å². The van der Waals surface area contributed by atoms with Crippen molar-refractivity contribution in [3.63, 3.8) is 0 Å². The van der Waals surface area contributed by atoms with Crippen LogP contribution in [0.5, 0.6) is 5.75 Å². The molecule has 86 valence electrons. The van der Waals surface area contributed by atoms with Gasteiger partial charge in [0.2, 0.25) is 0 Å². The Hall–Kier alpha value is -1.36. The quantitative estimate of drug-likeness (QED) is 0.483. The minimum Gasteiger partial charge on any atom is -0.449 e. The van der Waals surface area contributed by atoms with Crippen molar-refractivity contribution in [1.29, 1.82) is 0 Å². The Balaban J connectivity index is 2.93. The lowest BCUT2D eigenvalue weighted by molar-refractivity contribution is -0.115. The van der Waals surface area contributed by atoms with E-state index in [0.29, 0.717) is 10.4 Å². The molecule has 0 fully saturated rings. The lowest BCUT2D eigenvalue weighted by Crippen LogP contribution is -2.12. The monoisotopic (exact) mass is 284 g/mol.